The van der Waals surface area contributed by atoms with Gasteiger partial charge in [0.2, 0.25) is 0 Å². The molecule has 0 fully saturated rings. The van der Waals surface area contributed by atoms with Crippen molar-refractivity contribution in [2.45, 2.75) is 38.8 Å². The number of nitrogens with zero attached hydrogens (tertiary/aromatic N) is 2. The van der Waals surface area contributed by atoms with Crippen molar-refractivity contribution in [3.8, 4) is 11.1 Å². The van der Waals surface area contributed by atoms with Crippen LogP contribution in [-0.2, 0) is 6.42 Å². The van der Waals surface area contributed by atoms with Crippen LogP contribution >= 0.6 is 11.6 Å². The molecule has 1 atom stereocenters. The summed E-state index contributed by atoms with van der Waals surface area (Å²) in [6, 6.07) is 9.64. The Morgan fingerprint density at radius 2 is 1.86 bits per heavy atom. The van der Waals surface area contributed by atoms with E-state index in [0.717, 1.165) is 16.8 Å². The van der Waals surface area contributed by atoms with Gasteiger partial charge in [0, 0.05) is 17.5 Å². The molecule has 22 heavy (non-hydrogen) atoms. The van der Waals surface area contributed by atoms with Crippen LogP contribution in [0.2, 0.25) is 5.15 Å². The molecule has 118 valence electrons. The van der Waals surface area contributed by atoms with Gasteiger partial charge in [0.05, 0.1) is 12.4 Å². The van der Waals surface area contributed by atoms with Gasteiger partial charge in [0.15, 0.2) is 5.15 Å². The van der Waals surface area contributed by atoms with E-state index in [1.54, 1.807) is 0 Å². The summed E-state index contributed by atoms with van der Waals surface area (Å²) in [6.45, 7) is 1.43. The van der Waals surface area contributed by atoms with Crippen LogP contribution in [0.4, 0.5) is 8.78 Å². The minimum absolute atomic E-state index is 0.172. The van der Waals surface area contributed by atoms with Gasteiger partial charge in [0.25, 0.3) is 0 Å². The lowest BCUT2D eigenvalue weighted by Crippen LogP contribution is -2.09. The number of halogens is 3. The Morgan fingerprint density at radius 3 is 2.55 bits per heavy atom. The first-order valence-corrected chi connectivity index (χ1v) is 7.78. The average Bonchev–Trinajstić information content (AvgIpc) is 2.52. The number of alkyl halides is 2. The zero-order valence-corrected chi connectivity index (χ0v) is 13.3. The summed E-state index contributed by atoms with van der Waals surface area (Å²) in [6.07, 6.45) is 0.373. The number of benzene rings is 1. The molecule has 1 aromatic carbocycles. The van der Waals surface area contributed by atoms with Gasteiger partial charge in [-0.15, -0.1) is 5.10 Å². The lowest BCUT2D eigenvalue weighted by atomic mass is 9.95. The maximum atomic E-state index is 14.2. The molecule has 1 heterocycles. The van der Waals surface area contributed by atoms with E-state index in [-0.39, 0.29) is 11.6 Å². The lowest BCUT2D eigenvalue weighted by molar-refractivity contribution is 0.298. The van der Waals surface area contributed by atoms with Crippen LogP contribution < -0.4 is 0 Å². The monoisotopic (exact) mass is 324 g/mol. The first-order chi connectivity index (χ1) is 10.6. The van der Waals surface area contributed by atoms with Gasteiger partial charge in [-0.05, 0) is 31.7 Å². The number of hydrogen-bond acceptors (Lipinski definition) is 2. The van der Waals surface area contributed by atoms with E-state index >= 15 is 0 Å². The summed E-state index contributed by atoms with van der Waals surface area (Å²) in [5, 5.41) is 8.18. The van der Waals surface area contributed by atoms with Gasteiger partial charge in [-0.1, -0.05) is 41.9 Å². The summed E-state index contributed by atoms with van der Waals surface area (Å²) in [4.78, 5) is 0. The molecule has 0 spiro atoms. The molecular formula is C17H19ClF2N2. The van der Waals surface area contributed by atoms with E-state index in [2.05, 4.69) is 10.2 Å². The predicted octanol–water partition coefficient (Wildman–Crippen LogP) is 5.13. The van der Waals surface area contributed by atoms with Crippen LogP contribution in [0.5, 0.6) is 0 Å². The molecular weight excluding hydrogens is 306 g/mol. The van der Waals surface area contributed by atoms with E-state index in [1.165, 1.54) is 0 Å². The summed E-state index contributed by atoms with van der Waals surface area (Å²) in [7, 11) is 0. The van der Waals surface area contributed by atoms with Crippen molar-refractivity contribution in [1.82, 2.24) is 10.2 Å². The highest BCUT2D eigenvalue weighted by atomic mass is 35.5. The third-order valence-corrected chi connectivity index (χ3v) is 3.89. The van der Waals surface area contributed by atoms with E-state index in [0.29, 0.717) is 24.8 Å². The molecule has 0 saturated heterocycles. The number of aromatic nitrogens is 2. The summed E-state index contributed by atoms with van der Waals surface area (Å²) >= 11 is 6.16. The first kappa shape index (κ1) is 16.8. The highest BCUT2D eigenvalue weighted by Gasteiger charge is 2.18. The largest absolute Gasteiger partial charge is 0.251 e. The van der Waals surface area contributed by atoms with Gasteiger partial charge >= 0.3 is 0 Å². The smallest absolute Gasteiger partial charge is 0.155 e. The fourth-order valence-electron chi connectivity index (χ4n) is 2.51. The topological polar surface area (TPSA) is 25.8 Å². The lowest BCUT2D eigenvalue weighted by Gasteiger charge is -2.15. The highest BCUT2D eigenvalue weighted by molar-refractivity contribution is 6.30. The molecule has 0 saturated carbocycles. The normalized spacial score (nSPS) is 12.4. The van der Waals surface area contributed by atoms with E-state index in [9.17, 15) is 8.78 Å². The van der Waals surface area contributed by atoms with E-state index < -0.39 is 12.8 Å². The molecule has 2 nitrogen and oxygen atoms in total. The third-order valence-electron chi connectivity index (χ3n) is 3.59. The molecule has 0 radical (unpaired) electrons. The Hall–Kier alpha value is -1.55. The average molecular weight is 325 g/mol. The second kappa shape index (κ2) is 8.18. The van der Waals surface area contributed by atoms with Crippen LogP contribution in [-0.4, -0.2) is 23.0 Å². The highest BCUT2D eigenvalue weighted by Crippen LogP contribution is 2.31. The standard InChI is InChI=1S/C17H19ClF2N2/c1-12-16(13-7-3-2-4-8-13)15(17(18)22-21-12)11-14(20)9-5-6-10-19/h2-4,7-8,14H,5-6,9-11H2,1H3. The van der Waals surface area contributed by atoms with Gasteiger partial charge in [-0.25, -0.2) is 4.39 Å². The van der Waals surface area contributed by atoms with Crippen molar-refractivity contribution in [2.24, 2.45) is 0 Å². The quantitative estimate of drug-likeness (QED) is 0.660. The Labute approximate surface area is 134 Å². The van der Waals surface area contributed by atoms with Crippen LogP contribution in [0.15, 0.2) is 30.3 Å². The Balaban J connectivity index is 2.28. The van der Waals surface area contributed by atoms with Crippen molar-refractivity contribution in [3.05, 3.63) is 46.7 Å². The van der Waals surface area contributed by atoms with Gasteiger partial charge in [-0.3, -0.25) is 4.39 Å². The molecule has 0 amide bonds. The maximum absolute atomic E-state index is 14.2. The van der Waals surface area contributed by atoms with Crippen molar-refractivity contribution >= 4 is 11.6 Å². The second-order valence-electron chi connectivity index (χ2n) is 5.28. The molecule has 5 heteroatoms. The summed E-state index contributed by atoms with van der Waals surface area (Å²) in [5.41, 5.74) is 3.19. The summed E-state index contributed by atoms with van der Waals surface area (Å²) in [5.74, 6) is 0. The SMILES string of the molecule is Cc1nnc(Cl)c(CC(F)CCCCF)c1-c1ccccc1. The molecule has 2 rings (SSSR count). The zero-order chi connectivity index (χ0) is 15.9. The second-order valence-corrected chi connectivity index (χ2v) is 5.64. The number of aryl methyl sites for hydroxylation is 1. The van der Waals surface area contributed by atoms with Crippen molar-refractivity contribution in [1.29, 1.82) is 0 Å². The maximum Gasteiger partial charge on any atom is 0.155 e. The van der Waals surface area contributed by atoms with Crippen LogP contribution in [0.1, 0.15) is 30.5 Å². The molecule has 0 N–H and O–H groups in total. The van der Waals surface area contributed by atoms with E-state index in [4.69, 9.17) is 11.6 Å². The molecule has 0 aliphatic carbocycles. The summed E-state index contributed by atoms with van der Waals surface area (Å²) < 4.78 is 26.3. The first-order valence-electron chi connectivity index (χ1n) is 7.40. The minimum atomic E-state index is -1.06. The zero-order valence-electron chi connectivity index (χ0n) is 12.5. The Bertz CT molecular complexity index is 605. The van der Waals surface area contributed by atoms with Crippen molar-refractivity contribution in [2.75, 3.05) is 6.67 Å². The molecule has 2 aromatic rings. The molecule has 1 aromatic heterocycles. The number of unbranched alkanes of at least 4 members (excludes halogenated alkanes) is 1. The van der Waals surface area contributed by atoms with Crippen LogP contribution in [0.3, 0.4) is 0 Å². The van der Waals surface area contributed by atoms with Gasteiger partial charge < -0.3 is 0 Å². The third kappa shape index (κ3) is 4.23. The van der Waals surface area contributed by atoms with E-state index in [1.807, 2.05) is 37.3 Å². The van der Waals surface area contributed by atoms with Gasteiger partial charge in [-0.2, -0.15) is 5.10 Å². The fraction of sp³-hybridized carbons (Fsp3) is 0.412. The minimum Gasteiger partial charge on any atom is -0.251 e. The van der Waals surface area contributed by atoms with Gasteiger partial charge in [0.1, 0.15) is 6.17 Å². The van der Waals surface area contributed by atoms with Crippen molar-refractivity contribution in [3.63, 3.8) is 0 Å². The van der Waals surface area contributed by atoms with Crippen molar-refractivity contribution < 1.29 is 8.78 Å². The molecule has 0 bridgehead atoms. The Morgan fingerprint density at radius 1 is 1.14 bits per heavy atom. The van der Waals surface area contributed by atoms with Crippen LogP contribution in [0.25, 0.3) is 11.1 Å². The predicted molar refractivity (Wildman–Crippen MR) is 85.6 cm³/mol. The number of hydrogen-bond donors (Lipinski definition) is 0. The molecule has 0 aliphatic rings. The Kier molecular flexibility index (Phi) is 6.25. The molecule has 0 aliphatic heterocycles. The fourth-order valence-corrected chi connectivity index (χ4v) is 2.72. The molecule has 1 unspecified atom stereocenters. The number of rotatable bonds is 7. The van der Waals surface area contributed by atoms with Crippen LogP contribution in [0, 0.1) is 6.92 Å².